The molecule has 3 N–H and O–H groups in total. The number of aryl methyl sites for hydroxylation is 1. The van der Waals surface area contributed by atoms with Crippen molar-refractivity contribution in [3.05, 3.63) is 58.4 Å². The van der Waals surface area contributed by atoms with E-state index in [9.17, 15) is 18.6 Å². The number of nitrogens with one attached hydrogen (secondary N) is 1. The number of nitrogens with zero attached hydrogens (tertiary/aromatic N) is 1. The summed E-state index contributed by atoms with van der Waals surface area (Å²) >= 11 is 1.31. The van der Waals surface area contributed by atoms with Crippen LogP contribution in [0.4, 0.5) is 0 Å². The van der Waals surface area contributed by atoms with Crippen molar-refractivity contribution in [2.45, 2.75) is 18.4 Å². The first-order valence-corrected chi connectivity index (χ1v) is 9.75. The van der Waals surface area contributed by atoms with Crippen molar-refractivity contribution in [2.24, 2.45) is 0 Å². The zero-order valence-electron chi connectivity index (χ0n) is 13.3. The molecule has 2 aromatic carbocycles. The van der Waals surface area contributed by atoms with Crippen molar-refractivity contribution in [1.29, 1.82) is 0 Å². The fraction of sp³-hybridized carbons (Fsp3) is 0.118. The van der Waals surface area contributed by atoms with Gasteiger partial charge in [-0.2, -0.15) is 0 Å². The highest BCUT2D eigenvalue weighted by Crippen LogP contribution is 2.31. The summed E-state index contributed by atoms with van der Waals surface area (Å²) in [5.74, 6) is -0.433. The summed E-state index contributed by atoms with van der Waals surface area (Å²) in [5.41, 5.74) is 1.92. The first-order valence-electron chi connectivity index (χ1n) is 7.39. The Balaban J connectivity index is 1.76. The zero-order valence-corrected chi connectivity index (χ0v) is 14.9. The van der Waals surface area contributed by atoms with Crippen LogP contribution in [-0.4, -0.2) is 23.6 Å². The van der Waals surface area contributed by atoms with E-state index < -0.39 is 10.0 Å². The van der Waals surface area contributed by atoms with Crippen LogP contribution in [0.5, 0.6) is 11.5 Å². The molecule has 0 saturated carbocycles. The average Bonchev–Trinajstić information content (AvgIpc) is 3.05. The number of aromatic nitrogens is 1. The normalized spacial score (nSPS) is 11.6. The van der Waals surface area contributed by atoms with Crippen LogP contribution in [0, 0.1) is 6.92 Å². The highest BCUT2D eigenvalue weighted by molar-refractivity contribution is 7.89. The van der Waals surface area contributed by atoms with Gasteiger partial charge in [0.15, 0.2) is 11.5 Å². The first kappa shape index (κ1) is 17.4. The molecule has 6 nitrogen and oxygen atoms in total. The minimum Gasteiger partial charge on any atom is -0.504 e. The smallest absolute Gasteiger partial charge is 0.241 e. The minimum absolute atomic E-state index is 0.0748. The number of hydrogen-bond donors (Lipinski definition) is 3. The molecule has 0 aliphatic carbocycles. The monoisotopic (exact) mass is 376 g/mol. The van der Waals surface area contributed by atoms with E-state index >= 15 is 0 Å². The molecule has 0 amide bonds. The Kier molecular flexibility index (Phi) is 4.76. The molecule has 0 aliphatic rings. The van der Waals surface area contributed by atoms with E-state index in [4.69, 9.17) is 0 Å². The second-order valence-electron chi connectivity index (χ2n) is 5.42. The number of phenolic OH excluding ortho intramolecular Hbond substituents is 2. The second-order valence-corrected chi connectivity index (χ2v) is 8.10. The standard InChI is InChI=1S/C17H16N2O4S2/c1-11-4-2-3-5-16(11)25(22,23)18-9-17-19-13(10-24-17)12-6-7-14(20)15(21)8-12/h2-8,10,18,20-21H,9H2,1H3. The van der Waals surface area contributed by atoms with Gasteiger partial charge in [-0.15, -0.1) is 11.3 Å². The highest BCUT2D eigenvalue weighted by atomic mass is 32.2. The third kappa shape index (κ3) is 3.81. The Bertz CT molecular complexity index is 1010. The highest BCUT2D eigenvalue weighted by Gasteiger charge is 2.17. The molecule has 1 heterocycles. The number of rotatable bonds is 5. The average molecular weight is 376 g/mol. The molecule has 25 heavy (non-hydrogen) atoms. The van der Waals surface area contributed by atoms with Crippen LogP contribution in [0.2, 0.25) is 0 Å². The second kappa shape index (κ2) is 6.83. The number of benzene rings is 2. The lowest BCUT2D eigenvalue weighted by molar-refractivity contribution is 0.404. The summed E-state index contributed by atoms with van der Waals surface area (Å²) in [7, 11) is -3.61. The van der Waals surface area contributed by atoms with E-state index in [0.29, 0.717) is 21.8 Å². The van der Waals surface area contributed by atoms with Crippen molar-refractivity contribution in [3.8, 4) is 22.8 Å². The molecule has 0 radical (unpaired) electrons. The summed E-state index contributed by atoms with van der Waals surface area (Å²) in [4.78, 5) is 4.61. The van der Waals surface area contributed by atoms with Gasteiger partial charge in [0, 0.05) is 10.9 Å². The van der Waals surface area contributed by atoms with Gasteiger partial charge in [-0.05, 0) is 36.8 Å². The summed E-state index contributed by atoms with van der Waals surface area (Å²) in [6, 6.07) is 11.2. The Morgan fingerprint density at radius 3 is 2.60 bits per heavy atom. The van der Waals surface area contributed by atoms with Gasteiger partial charge in [0.1, 0.15) is 5.01 Å². The molecule has 130 valence electrons. The molecule has 0 bridgehead atoms. The molecular weight excluding hydrogens is 360 g/mol. The molecule has 8 heteroatoms. The predicted molar refractivity (Wildman–Crippen MR) is 96.1 cm³/mol. The van der Waals surface area contributed by atoms with E-state index in [1.54, 1.807) is 42.6 Å². The Labute approximate surface area is 149 Å². The van der Waals surface area contributed by atoms with Gasteiger partial charge in [-0.1, -0.05) is 18.2 Å². The van der Waals surface area contributed by atoms with Crippen LogP contribution in [0.3, 0.4) is 0 Å². The molecule has 3 rings (SSSR count). The van der Waals surface area contributed by atoms with Gasteiger partial charge in [0.2, 0.25) is 10.0 Å². The van der Waals surface area contributed by atoms with Crippen molar-refractivity contribution >= 4 is 21.4 Å². The number of sulfonamides is 1. The van der Waals surface area contributed by atoms with Gasteiger partial charge in [0.05, 0.1) is 17.1 Å². The van der Waals surface area contributed by atoms with Crippen LogP contribution < -0.4 is 4.72 Å². The lowest BCUT2D eigenvalue weighted by Crippen LogP contribution is -2.23. The summed E-state index contributed by atoms with van der Waals surface area (Å²) in [5, 5.41) is 21.3. The Morgan fingerprint density at radius 2 is 1.88 bits per heavy atom. The van der Waals surface area contributed by atoms with E-state index in [1.165, 1.54) is 23.5 Å². The number of hydrogen-bond acceptors (Lipinski definition) is 6. The van der Waals surface area contributed by atoms with E-state index in [-0.39, 0.29) is 22.9 Å². The van der Waals surface area contributed by atoms with Crippen molar-refractivity contribution in [2.75, 3.05) is 0 Å². The third-order valence-electron chi connectivity index (χ3n) is 3.62. The lowest BCUT2D eigenvalue weighted by Gasteiger charge is -2.07. The number of thiazole rings is 1. The number of phenols is 2. The van der Waals surface area contributed by atoms with Gasteiger partial charge < -0.3 is 10.2 Å². The number of aromatic hydroxyl groups is 2. The molecule has 0 saturated heterocycles. The van der Waals surface area contributed by atoms with Gasteiger partial charge in [-0.25, -0.2) is 18.1 Å². The molecular formula is C17H16N2O4S2. The molecule has 0 atom stereocenters. The van der Waals surface area contributed by atoms with E-state index in [0.717, 1.165) is 0 Å². The molecule has 1 aromatic heterocycles. The molecule has 3 aromatic rings. The van der Waals surface area contributed by atoms with Crippen LogP contribution in [0.25, 0.3) is 11.3 Å². The van der Waals surface area contributed by atoms with Crippen molar-refractivity contribution in [1.82, 2.24) is 9.71 Å². The third-order valence-corrected chi connectivity index (χ3v) is 6.03. The van der Waals surface area contributed by atoms with Gasteiger partial charge >= 0.3 is 0 Å². The predicted octanol–water partition coefficient (Wildman–Crippen LogP) is 3.01. The van der Waals surface area contributed by atoms with Crippen molar-refractivity contribution < 1.29 is 18.6 Å². The fourth-order valence-electron chi connectivity index (χ4n) is 2.30. The van der Waals surface area contributed by atoms with E-state index in [1.807, 2.05) is 0 Å². The summed E-state index contributed by atoms with van der Waals surface area (Å²) in [6.07, 6.45) is 0. The topological polar surface area (TPSA) is 99.5 Å². The molecule has 0 fully saturated rings. The SMILES string of the molecule is Cc1ccccc1S(=O)(=O)NCc1nc(-c2ccc(O)c(O)c2)cs1. The van der Waals surface area contributed by atoms with Crippen LogP contribution in [0.1, 0.15) is 10.6 Å². The Hall–Kier alpha value is -2.42. The Morgan fingerprint density at radius 1 is 1.12 bits per heavy atom. The summed E-state index contributed by atoms with van der Waals surface area (Å²) < 4.78 is 27.3. The minimum atomic E-state index is -3.61. The quantitative estimate of drug-likeness (QED) is 0.595. The van der Waals surface area contributed by atoms with Gasteiger partial charge in [-0.3, -0.25) is 0 Å². The van der Waals surface area contributed by atoms with Crippen LogP contribution >= 0.6 is 11.3 Å². The fourth-order valence-corrected chi connectivity index (χ4v) is 4.37. The van der Waals surface area contributed by atoms with E-state index in [2.05, 4.69) is 9.71 Å². The molecule has 0 spiro atoms. The summed E-state index contributed by atoms with van der Waals surface area (Å²) in [6.45, 7) is 1.82. The first-order chi connectivity index (χ1) is 11.9. The maximum Gasteiger partial charge on any atom is 0.241 e. The maximum absolute atomic E-state index is 12.4. The molecule has 0 unspecified atom stereocenters. The largest absolute Gasteiger partial charge is 0.504 e. The zero-order chi connectivity index (χ0) is 18.0. The van der Waals surface area contributed by atoms with Gasteiger partial charge in [0.25, 0.3) is 0 Å². The maximum atomic E-state index is 12.4. The van der Waals surface area contributed by atoms with Crippen LogP contribution in [0.15, 0.2) is 52.7 Å². The lowest BCUT2D eigenvalue weighted by atomic mass is 10.1. The molecule has 0 aliphatic heterocycles. The van der Waals surface area contributed by atoms with Crippen molar-refractivity contribution in [3.63, 3.8) is 0 Å². The van der Waals surface area contributed by atoms with Crippen LogP contribution in [-0.2, 0) is 16.6 Å².